The summed E-state index contributed by atoms with van der Waals surface area (Å²) >= 11 is 1.24. The lowest BCUT2D eigenvalue weighted by molar-refractivity contribution is 0.0601. The van der Waals surface area contributed by atoms with Crippen molar-refractivity contribution in [3.05, 3.63) is 76.7 Å². The minimum atomic E-state index is -0.466. The molecule has 7 heteroatoms. The van der Waals surface area contributed by atoms with E-state index in [2.05, 4.69) is 4.98 Å². The number of methoxy groups -OCH3 is 1. The van der Waals surface area contributed by atoms with E-state index in [0.717, 1.165) is 21.6 Å². The summed E-state index contributed by atoms with van der Waals surface area (Å²) in [5.74, 6) is -0.369. The number of thiophene rings is 1. The number of hydrogen-bond acceptors (Lipinski definition) is 5. The highest BCUT2D eigenvalue weighted by atomic mass is 32.1. The van der Waals surface area contributed by atoms with Gasteiger partial charge in [-0.1, -0.05) is 24.3 Å². The van der Waals surface area contributed by atoms with Crippen LogP contribution in [0.2, 0.25) is 0 Å². The maximum absolute atomic E-state index is 13.4. The fourth-order valence-corrected chi connectivity index (χ4v) is 3.92. The molecule has 0 spiro atoms. The molecule has 142 valence electrons. The number of imidazole rings is 1. The first-order valence-corrected chi connectivity index (χ1v) is 9.41. The summed E-state index contributed by atoms with van der Waals surface area (Å²) in [6, 6.07) is 14.1. The number of benzene rings is 2. The molecule has 0 N–H and O–H groups in total. The minimum absolute atomic E-state index is 0.336. The molecular weight excluding hydrogens is 379 g/mol. The lowest BCUT2D eigenvalue weighted by atomic mass is 10.1. The molecule has 5 nitrogen and oxygen atoms in total. The van der Waals surface area contributed by atoms with Crippen LogP contribution in [-0.4, -0.2) is 22.6 Å². The number of ether oxygens (including phenoxy) is 2. The molecule has 0 saturated carbocycles. The van der Waals surface area contributed by atoms with Crippen molar-refractivity contribution in [2.24, 2.45) is 0 Å². The summed E-state index contributed by atoms with van der Waals surface area (Å²) in [7, 11) is 1.34. The van der Waals surface area contributed by atoms with Crippen LogP contribution in [0.1, 0.15) is 20.8 Å². The van der Waals surface area contributed by atoms with Crippen LogP contribution in [0.5, 0.6) is 5.75 Å². The second-order valence-corrected chi connectivity index (χ2v) is 7.26. The zero-order valence-electron chi connectivity index (χ0n) is 15.3. The van der Waals surface area contributed by atoms with E-state index in [9.17, 15) is 9.18 Å². The SMILES string of the molecule is COC(=O)c1sc(-n2cnc3cc(F)ccc32)cc1OCc1ccccc1C. The Hall–Kier alpha value is -3.19. The maximum atomic E-state index is 13.4. The monoisotopic (exact) mass is 396 g/mol. The van der Waals surface area contributed by atoms with Crippen molar-refractivity contribution in [2.45, 2.75) is 13.5 Å². The van der Waals surface area contributed by atoms with Crippen LogP contribution >= 0.6 is 11.3 Å². The third-order valence-corrected chi connectivity index (χ3v) is 5.54. The molecule has 28 heavy (non-hydrogen) atoms. The Morgan fingerprint density at radius 1 is 1.21 bits per heavy atom. The average molecular weight is 396 g/mol. The van der Waals surface area contributed by atoms with Gasteiger partial charge in [0.25, 0.3) is 0 Å². The molecule has 4 rings (SSSR count). The first-order valence-electron chi connectivity index (χ1n) is 8.59. The lowest BCUT2D eigenvalue weighted by Crippen LogP contribution is -2.03. The molecule has 0 saturated heterocycles. The number of rotatable bonds is 5. The standard InChI is InChI=1S/C21H17FN2O3S/c1-13-5-3-4-6-14(13)11-27-18-10-19(28-20(18)21(25)26-2)24-12-23-16-9-15(22)7-8-17(16)24/h3-10,12H,11H2,1-2H3. The third kappa shape index (κ3) is 3.36. The van der Waals surface area contributed by atoms with Crippen molar-refractivity contribution in [3.63, 3.8) is 0 Å². The van der Waals surface area contributed by atoms with E-state index < -0.39 is 5.97 Å². The molecule has 0 radical (unpaired) electrons. The van der Waals surface area contributed by atoms with Gasteiger partial charge < -0.3 is 9.47 Å². The smallest absolute Gasteiger partial charge is 0.351 e. The molecule has 0 atom stereocenters. The van der Waals surface area contributed by atoms with Crippen LogP contribution in [-0.2, 0) is 11.3 Å². The number of nitrogens with zero attached hydrogens (tertiary/aromatic N) is 2. The molecule has 0 bridgehead atoms. The summed E-state index contributed by atoms with van der Waals surface area (Å²) < 4.78 is 26.1. The van der Waals surface area contributed by atoms with E-state index in [4.69, 9.17) is 9.47 Å². The van der Waals surface area contributed by atoms with Crippen molar-refractivity contribution in [1.82, 2.24) is 9.55 Å². The normalized spacial score (nSPS) is 11.0. The van der Waals surface area contributed by atoms with Gasteiger partial charge in [0.1, 0.15) is 29.5 Å². The highest BCUT2D eigenvalue weighted by Gasteiger charge is 2.20. The number of esters is 1. The Kier molecular flexibility index (Phi) is 4.83. The van der Waals surface area contributed by atoms with Gasteiger partial charge in [-0.05, 0) is 30.2 Å². The van der Waals surface area contributed by atoms with E-state index >= 15 is 0 Å². The molecule has 0 unspecified atom stereocenters. The number of aryl methyl sites for hydroxylation is 1. The van der Waals surface area contributed by atoms with Crippen LogP contribution in [0.25, 0.3) is 16.0 Å². The fraction of sp³-hybridized carbons (Fsp3) is 0.143. The van der Waals surface area contributed by atoms with Crippen molar-refractivity contribution in [1.29, 1.82) is 0 Å². The van der Waals surface area contributed by atoms with Gasteiger partial charge in [-0.15, -0.1) is 11.3 Å². The van der Waals surface area contributed by atoms with Gasteiger partial charge in [-0.25, -0.2) is 14.2 Å². The Morgan fingerprint density at radius 3 is 2.82 bits per heavy atom. The second kappa shape index (κ2) is 7.44. The summed E-state index contributed by atoms with van der Waals surface area (Å²) in [4.78, 5) is 16.8. The highest BCUT2D eigenvalue weighted by molar-refractivity contribution is 7.16. The van der Waals surface area contributed by atoms with Gasteiger partial charge in [0.05, 0.1) is 18.1 Å². The highest BCUT2D eigenvalue weighted by Crippen LogP contribution is 2.35. The first-order chi connectivity index (χ1) is 13.6. The van der Waals surface area contributed by atoms with E-state index in [-0.39, 0.29) is 5.82 Å². The average Bonchev–Trinajstić information content (AvgIpc) is 3.30. The van der Waals surface area contributed by atoms with E-state index in [1.54, 1.807) is 23.0 Å². The molecule has 4 aromatic rings. The van der Waals surface area contributed by atoms with Crippen LogP contribution in [0, 0.1) is 12.7 Å². The number of aromatic nitrogens is 2. The molecule has 0 aliphatic heterocycles. The van der Waals surface area contributed by atoms with Crippen LogP contribution < -0.4 is 4.74 Å². The number of halogens is 1. The summed E-state index contributed by atoms with van der Waals surface area (Å²) in [5, 5.41) is 0.731. The van der Waals surface area contributed by atoms with Gasteiger partial charge in [0.15, 0.2) is 4.88 Å². The summed E-state index contributed by atoms with van der Waals surface area (Å²) in [6.45, 7) is 2.35. The van der Waals surface area contributed by atoms with Gasteiger partial charge >= 0.3 is 5.97 Å². The van der Waals surface area contributed by atoms with Gasteiger partial charge in [0, 0.05) is 12.1 Å². The Bertz CT molecular complexity index is 1170. The van der Waals surface area contributed by atoms with Gasteiger partial charge in [-0.3, -0.25) is 4.57 Å². The fourth-order valence-electron chi connectivity index (χ4n) is 2.91. The lowest BCUT2D eigenvalue weighted by Gasteiger charge is -2.08. The topological polar surface area (TPSA) is 53.4 Å². The number of carbonyl (C=O) groups is 1. The molecule has 0 aliphatic carbocycles. The quantitative estimate of drug-likeness (QED) is 0.450. The minimum Gasteiger partial charge on any atom is -0.487 e. The van der Waals surface area contributed by atoms with Crippen molar-refractivity contribution in [2.75, 3.05) is 7.11 Å². The predicted octanol–water partition coefficient (Wildman–Crippen LogP) is 4.90. The molecule has 2 aromatic heterocycles. The predicted molar refractivity (Wildman–Crippen MR) is 106 cm³/mol. The molecular formula is C21H17FN2O3S. The molecule has 2 aromatic carbocycles. The first kappa shape index (κ1) is 18.2. The van der Waals surface area contributed by atoms with Crippen LogP contribution in [0.4, 0.5) is 4.39 Å². The largest absolute Gasteiger partial charge is 0.487 e. The second-order valence-electron chi connectivity index (χ2n) is 6.23. The molecule has 2 heterocycles. The maximum Gasteiger partial charge on any atom is 0.351 e. The van der Waals surface area contributed by atoms with Gasteiger partial charge in [0.2, 0.25) is 0 Å². The van der Waals surface area contributed by atoms with E-state index in [1.165, 1.54) is 30.6 Å². The Balaban J connectivity index is 1.71. The van der Waals surface area contributed by atoms with Crippen molar-refractivity contribution >= 4 is 28.3 Å². The molecule has 0 amide bonds. The Labute approximate surface area is 165 Å². The molecule has 0 aliphatic rings. The number of carbonyl (C=O) groups excluding carboxylic acids is 1. The Morgan fingerprint density at radius 2 is 2.04 bits per heavy atom. The summed E-state index contributed by atoms with van der Waals surface area (Å²) in [6.07, 6.45) is 1.60. The van der Waals surface area contributed by atoms with Crippen LogP contribution in [0.15, 0.2) is 54.9 Å². The van der Waals surface area contributed by atoms with Crippen molar-refractivity contribution in [3.8, 4) is 10.8 Å². The van der Waals surface area contributed by atoms with Gasteiger partial charge in [-0.2, -0.15) is 0 Å². The van der Waals surface area contributed by atoms with Crippen LogP contribution in [0.3, 0.4) is 0 Å². The third-order valence-electron chi connectivity index (χ3n) is 4.45. The zero-order chi connectivity index (χ0) is 19.7. The van der Waals surface area contributed by atoms with E-state index in [0.29, 0.717) is 22.8 Å². The van der Waals surface area contributed by atoms with Crippen molar-refractivity contribution < 1.29 is 18.7 Å². The molecule has 0 fully saturated rings. The number of fused-ring (bicyclic) bond motifs is 1. The van der Waals surface area contributed by atoms with E-state index in [1.807, 2.05) is 31.2 Å². The zero-order valence-corrected chi connectivity index (χ0v) is 16.1. The summed E-state index contributed by atoms with van der Waals surface area (Å²) in [5.41, 5.74) is 3.43. The number of hydrogen-bond donors (Lipinski definition) is 0.